The van der Waals surface area contributed by atoms with Crippen molar-refractivity contribution in [2.45, 2.75) is 137 Å². The van der Waals surface area contributed by atoms with Crippen molar-refractivity contribution in [1.29, 1.82) is 0 Å². The Hall–Kier alpha value is -11.2. The molecule has 7 aromatic heterocycles. The van der Waals surface area contributed by atoms with E-state index in [0.717, 1.165) is 187 Å². The lowest BCUT2D eigenvalue weighted by Crippen LogP contribution is -2.28. The molecule has 730 valence electrons. The summed E-state index contributed by atoms with van der Waals surface area (Å²) in [5.41, 5.74) is 20.1. The predicted molar refractivity (Wildman–Crippen MR) is 571 cm³/mol. The van der Waals surface area contributed by atoms with Crippen LogP contribution in [0.4, 0.5) is 0 Å². The van der Waals surface area contributed by atoms with E-state index in [4.69, 9.17) is 206 Å². The molecule has 0 spiro atoms. The molecule has 0 unspecified atom stereocenters. The van der Waals surface area contributed by atoms with Gasteiger partial charge in [-0.3, -0.25) is 19.4 Å². The molecular weight excluding hydrogens is 2070 g/mol. The summed E-state index contributed by atoms with van der Waals surface area (Å²) in [5.74, 6) is -2.35. The highest BCUT2D eigenvalue weighted by Gasteiger charge is 2.34. The maximum Gasteiger partial charge on any atom is 0.355 e. The highest BCUT2D eigenvalue weighted by atomic mass is 35.5. The zero-order chi connectivity index (χ0) is 100. The maximum absolute atomic E-state index is 12.3. The molecule has 0 saturated carbocycles. The summed E-state index contributed by atoms with van der Waals surface area (Å²) in [6, 6.07) is 46.9. The van der Waals surface area contributed by atoms with Gasteiger partial charge in [-0.2, -0.15) is 0 Å². The molecule has 8 aliphatic rings. The van der Waals surface area contributed by atoms with Crippen LogP contribution in [0.25, 0.3) is 76.3 Å². The summed E-state index contributed by atoms with van der Waals surface area (Å²) >= 11 is 74.1. The number of carboxylic acid groups (broad SMARTS) is 1. The van der Waals surface area contributed by atoms with Gasteiger partial charge in [0.25, 0.3) is 0 Å². The van der Waals surface area contributed by atoms with E-state index >= 15 is 0 Å². The lowest BCUT2D eigenvalue weighted by Gasteiger charge is -2.21. The third-order valence-corrected chi connectivity index (χ3v) is 26.9. The van der Waals surface area contributed by atoms with Crippen molar-refractivity contribution in [3.8, 4) is 0 Å². The first-order valence-corrected chi connectivity index (χ1v) is 49.9. The smallest absolute Gasteiger partial charge is 0.355 e. The molecule has 8 aliphatic heterocycles. The number of rotatable bonds is 8. The van der Waals surface area contributed by atoms with Crippen molar-refractivity contribution < 1.29 is 81.2 Å². The highest BCUT2D eigenvalue weighted by molar-refractivity contribution is 7.81. The number of thiocarbonyl (C=S) groups is 5. The van der Waals surface area contributed by atoms with Crippen molar-refractivity contribution in [2.75, 3.05) is 52.9 Å². The second kappa shape index (κ2) is 44.3. The van der Waals surface area contributed by atoms with E-state index in [9.17, 15) is 28.8 Å². The third kappa shape index (κ3) is 24.0. The van der Waals surface area contributed by atoms with Gasteiger partial charge in [-0.25, -0.2) is 14.4 Å². The average molecular weight is 2160 g/mol. The summed E-state index contributed by atoms with van der Waals surface area (Å²) in [6.07, 6.45) is 7.05. The largest absolute Gasteiger partial charge is 0.481 e. The summed E-state index contributed by atoms with van der Waals surface area (Å²) in [7, 11) is 0. The predicted octanol–water partition coefficient (Wildman–Crippen LogP) is 24.2. The van der Waals surface area contributed by atoms with Crippen LogP contribution >= 0.6 is 154 Å². The Kier molecular flexibility index (Phi) is 32.3. The quantitative estimate of drug-likeness (QED) is 0.0536. The molecule has 0 bridgehead atoms. The Morgan fingerprint density at radius 3 is 0.943 bits per heavy atom. The van der Waals surface area contributed by atoms with Crippen LogP contribution in [0, 0.1) is 0 Å². The number of fused-ring (bicyclic) bond motifs is 21. The summed E-state index contributed by atoms with van der Waals surface area (Å²) in [6.45, 7) is 16.0. The average Bonchev–Trinajstić information content (AvgIpc) is 1.58. The minimum Gasteiger partial charge on any atom is -0.481 e. The summed E-state index contributed by atoms with van der Waals surface area (Å²) in [4.78, 5) is 86.7. The Balaban J connectivity index is 0.000000117. The molecule has 15 heterocycles. The lowest BCUT2D eigenvalue weighted by atomic mass is 10.1. The van der Waals surface area contributed by atoms with Crippen molar-refractivity contribution >= 4 is 297 Å². The fraction of sp³-hybridized carbons (Fsp3) is 0.282. The molecule has 0 radical (unpaired) electrons. The van der Waals surface area contributed by atoms with Gasteiger partial charge in [0.1, 0.15) is 65.0 Å². The van der Waals surface area contributed by atoms with E-state index < -0.39 is 17.2 Å². The number of hydrogen-bond donors (Lipinski definition) is 5. The monoisotopic (exact) mass is 2150 g/mol. The number of ether oxygens (including phenoxy) is 10. The first-order valence-electron chi connectivity index (χ1n) is 44.8. The van der Waals surface area contributed by atoms with Gasteiger partial charge in [-0.15, -0.1) is 0 Å². The number of aromatic nitrogens is 7. The first-order chi connectivity index (χ1) is 67.4. The minimum absolute atomic E-state index is 0.0915. The molecule has 23 rings (SSSR count). The molecule has 1 fully saturated rings. The number of halogens is 8. The molecule has 25 nitrogen and oxygen atoms in total. The van der Waals surface area contributed by atoms with E-state index in [1.807, 2.05) is 184 Å². The molecule has 0 aliphatic carbocycles. The van der Waals surface area contributed by atoms with Gasteiger partial charge in [0.2, 0.25) is 25.3 Å². The number of nitrogens with one attached hydrogen (secondary N) is 4. The second-order valence-corrected chi connectivity index (χ2v) is 40.6. The molecular formula is C103H90Cl8N8O17S5. The Labute approximate surface area is 875 Å². The van der Waals surface area contributed by atoms with Gasteiger partial charge in [-0.1, -0.05) is 105 Å². The number of H-pyrrole nitrogens is 4. The Morgan fingerprint density at radius 1 is 0.340 bits per heavy atom. The zero-order valence-electron chi connectivity index (χ0n) is 76.6. The number of benzene rings is 8. The second-order valence-electron chi connectivity index (χ2n) is 35.3. The van der Waals surface area contributed by atoms with E-state index in [1.54, 1.807) is 22.8 Å². The van der Waals surface area contributed by atoms with Gasteiger partial charge in [0.15, 0.2) is 0 Å². The first kappa shape index (κ1) is 103. The number of nitrogens with zero attached hydrogens (tertiary/aromatic N) is 4. The molecule has 38 heteroatoms. The van der Waals surface area contributed by atoms with E-state index in [0.29, 0.717) is 150 Å². The van der Waals surface area contributed by atoms with Crippen molar-refractivity contribution in [1.82, 2.24) is 33.6 Å². The van der Waals surface area contributed by atoms with Crippen LogP contribution < -0.4 is 0 Å². The van der Waals surface area contributed by atoms with Crippen LogP contribution in [0.1, 0.15) is 148 Å². The van der Waals surface area contributed by atoms with Gasteiger partial charge in [0, 0.05) is 161 Å². The maximum atomic E-state index is 12.3. The number of aliphatic carboxylic acids is 1. The van der Waals surface area contributed by atoms with E-state index in [2.05, 4.69) is 24.9 Å². The molecule has 5 N–H and O–H groups in total. The third-order valence-electron chi connectivity index (χ3n) is 23.5. The Morgan fingerprint density at radius 2 is 0.617 bits per heavy atom. The standard InChI is InChI=1S/2C17H18ClNO3S.C13H10ClNO3S.C12H12ClNO2.2C11H8ClNO2.2C11H8ClNOS/c2*1-17(2,3)22-14(20)9-19-13-5-4-10(18)8-12(13)11-6-7-21-16(23)15(11)19;14-7-1-2-10-9(5-7)8-3-4-18-13(19)12(8)15(10)6-11(16)17;13-10-5-3-9(4-6-10)8-14-11-2-1-7-16-12(11)15;2*12-6-1-2-9-8(5-6)7-3-4-15-11(14)10(7)13-9;2*12-6-1-2-9-8(5-6)7-3-4-14-11(15)10(7)13-9/h2*4-5,8H,6-7,9H2,1-3H3;1-2,5H,3-4,6H2,(H,16,17);3-6H,1-2,7-8H2;4*1-2,5,13H,3-4H2. The number of aromatic amines is 4. The SMILES string of the molecule is CC(C)(C)OC(=O)Cn1c2c(c3cc(Cl)ccc31)CCOC2=S.CC(C)(C)OC(=O)Cn1c2c(c3cc(Cl)ccc31)CCOC2=S.O=C(O)Cn1c2c(c3cc(Cl)ccc31)CCOC2=S.O=C1OCCCC1=NCc1ccc(Cl)cc1.O=C1OCCc2c1[nH]c1ccc(Cl)cc21.O=C1OCCc2c1[nH]c1ccc(Cl)cc21.S=C1OCCc2c1[nH]c1ccc(Cl)cc21.S=C1OCCc2c1[nH]c1ccc(Cl)cc21. The molecule has 15 aromatic rings. The number of hydrogen-bond acceptors (Lipinski definition) is 22. The van der Waals surface area contributed by atoms with Gasteiger partial charge < -0.3 is 86.1 Å². The zero-order valence-corrected chi connectivity index (χ0v) is 86.7. The normalized spacial score (nSPS) is 15.2. The van der Waals surface area contributed by atoms with Crippen molar-refractivity contribution in [2.24, 2.45) is 4.99 Å². The van der Waals surface area contributed by atoms with E-state index in [-0.39, 0.29) is 49.5 Å². The van der Waals surface area contributed by atoms with Crippen LogP contribution in [0.5, 0.6) is 0 Å². The van der Waals surface area contributed by atoms with Crippen LogP contribution in [0.3, 0.4) is 0 Å². The fourth-order valence-corrected chi connectivity index (χ4v) is 20.4. The van der Waals surface area contributed by atoms with E-state index in [1.165, 1.54) is 11.1 Å². The minimum atomic E-state index is -0.914. The molecule has 8 aromatic carbocycles. The summed E-state index contributed by atoms with van der Waals surface area (Å²) < 4.78 is 58.2. The van der Waals surface area contributed by atoms with Gasteiger partial charge in [0.05, 0.1) is 70.8 Å². The molecule has 0 amide bonds. The topological polar surface area (TPSA) is 305 Å². The number of esters is 5. The van der Waals surface area contributed by atoms with Gasteiger partial charge >= 0.3 is 35.8 Å². The summed E-state index contributed by atoms with van der Waals surface area (Å²) in [5, 5.41) is 24.2. The number of carboxylic acids is 1. The van der Waals surface area contributed by atoms with Crippen molar-refractivity contribution in [3.63, 3.8) is 0 Å². The van der Waals surface area contributed by atoms with Crippen LogP contribution in [-0.2, 0) is 138 Å². The lowest BCUT2D eigenvalue weighted by molar-refractivity contribution is -0.156. The fourth-order valence-electron chi connectivity index (χ4n) is 17.6. The van der Waals surface area contributed by atoms with Gasteiger partial charge in [-0.05, 0) is 300 Å². The Bertz CT molecular complexity index is 7060. The van der Waals surface area contributed by atoms with Crippen LogP contribution in [0.2, 0.25) is 40.2 Å². The highest BCUT2D eigenvalue weighted by Crippen LogP contribution is 2.40. The number of cyclic esters (lactones) is 3. The number of carbonyl (C=O) groups excluding carboxylic acids is 5. The molecule has 0 atom stereocenters. The van der Waals surface area contributed by atoms with Crippen LogP contribution in [-0.4, -0.2) is 170 Å². The number of aliphatic imine (C=N–C) groups is 1. The molecule has 1 saturated heterocycles. The van der Waals surface area contributed by atoms with Crippen LogP contribution in [0.15, 0.2) is 157 Å². The molecule has 141 heavy (non-hydrogen) atoms. The number of carbonyl (C=O) groups is 6. The van der Waals surface area contributed by atoms with Crippen molar-refractivity contribution in [3.05, 3.63) is 276 Å².